The van der Waals surface area contributed by atoms with Gasteiger partial charge >= 0.3 is 5.97 Å². The SMILES string of the molecule is CCCCC(Nc1ncc(S(N)(=O)=O)s1)C(=O)O. The van der Waals surface area contributed by atoms with Crippen molar-refractivity contribution in [2.75, 3.05) is 5.32 Å². The van der Waals surface area contributed by atoms with Gasteiger partial charge in [-0.15, -0.1) is 0 Å². The first-order chi connectivity index (χ1) is 8.34. The van der Waals surface area contributed by atoms with E-state index in [0.717, 1.165) is 30.4 Å². The molecule has 0 saturated heterocycles. The van der Waals surface area contributed by atoms with Crippen LogP contribution in [0.3, 0.4) is 0 Å². The predicted octanol–water partition coefficient (Wildman–Crippen LogP) is 0.846. The van der Waals surface area contributed by atoms with Crippen LogP contribution in [0.5, 0.6) is 0 Å². The number of carboxylic acid groups (broad SMARTS) is 1. The molecule has 0 aliphatic heterocycles. The average Bonchev–Trinajstić information content (AvgIpc) is 2.71. The number of primary sulfonamides is 1. The molecule has 0 spiro atoms. The summed E-state index contributed by atoms with van der Waals surface area (Å²) in [5.41, 5.74) is 0. The lowest BCUT2D eigenvalue weighted by Crippen LogP contribution is -2.28. The number of unbranched alkanes of at least 4 members (excludes halogenated alkanes) is 1. The van der Waals surface area contributed by atoms with E-state index in [4.69, 9.17) is 10.2 Å². The molecule has 4 N–H and O–H groups in total. The van der Waals surface area contributed by atoms with Gasteiger partial charge in [0.05, 0.1) is 6.20 Å². The number of rotatable bonds is 7. The normalized spacial score (nSPS) is 13.2. The fraction of sp³-hybridized carbons (Fsp3) is 0.556. The minimum Gasteiger partial charge on any atom is -0.480 e. The number of nitrogens with one attached hydrogen (secondary N) is 1. The van der Waals surface area contributed by atoms with E-state index >= 15 is 0 Å². The second-order valence-electron chi connectivity index (χ2n) is 3.71. The van der Waals surface area contributed by atoms with Crippen LogP contribution in [0.4, 0.5) is 5.13 Å². The van der Waals surface area contributed by atoms with Crippen molar-refractivity contribution in [1.82, 2.24) is 4.98 Å². The highest BCUT2D eigenvalue weighted by Crippen LogP contribution is 2.22. The number of carbonyl (C=O) groups is 1. The summed E-state index contributed by atoms with van der Waals surface area (Å²) in [4.78, 5) is 14.8. The van der Waals surface area contributed by atoms with Crippen molar-refractivity contribution in [1.29, 1.82) is 0 Å². The topological polar surface area (TPSA) is 122 Å². The molecule has 1 heterocycles. The highest BCUT2D eigenvalue weighted by Gasteiger charge is 2.19. The molecule has 7 nitrogen and oxygen atoms in total. The Balaban J connectivity index is 2.75. The number of hydrogen-bond donors (Lipinski definition) is 3. The largest absolute Gasteiger partial charge is 0.480 e. The molecule has 0 saturated carbocycles. The number of sulfonamides is 1. The average molecular weight is 293 g/mol. The van der Waals surface area contributed by atoms with Gasteiger partial charge in [0.2, 0.25) is 10.0 Å². The van der Waals surface area contributed by atoms with Crippen molar-refractivity contribution in [2.45, 2.75) is 36.4 Å². The third-order valence-corrected chi connectivity index (χ3v) is 4.54. The maximum Gasteiger partial charge on any atom is 0.326 e. The Bertz CT molecular complexity index is 512. The van der Waals surface area contributed by atoms with E-state index in [1.165, 1.54) is 0 Å². The Hall–Kier alpha value is -1.19. The predicted molar refractivity (Wildman–Crippen MR) is 68.1 cm³/mol. The monoisotopic (exact) mass is 293 g/mol. The Morgan fingerprint density at radius 3 is 2.78 bits per heavy atom. The molecular weight excluding hydrogens is 278 g/mol. The van der Waals surface area contributed by atoms with Gasteiger partial charge in [-0.3, -0.25) is 0 Å². The van der Waals surface area contributed by atoms with Crippen molar-refractivity contribution in [3.63, 3.8) is 0 Å². The van der Waals surface area contributed by atoms with Crippen molar-refractivity contribution < 1.29 is 18.3 Å². The van der Waals surface area contributed by atoms with Crippen LogP contribution in [0, 0.1) is 0 Å². The van der Waals surface area contributed by atoms with Crippen molar-refractivity contribution in [3.8, 4) is 0 Å². The third-order valence-electron chi connectivity index (χ3n) is 2.21. The standard InChI is InChI=1S/C9H15N3O4S2/c1-2-3-4-6(8(13)14)12-9-11-5-7(17-9)18(10,15)16/h5-6H,2-4H2,1H3,(H,11,12)(H,13,14)(H2,10,15,16). The molecule has 0 aromatic carbocycles. The maximum absolute atomic E-state index is 11.0. The molecule has 1 aromatic rings. The summed E-state index contributed by atoms with van der Waals surface area (Å²) >= 11 is 0.820. The molecule has 1 aromatic heterocycles. The summed E-state index contributed by atoms with van der Waals surface area (Å²) in [7, 11) is -3.79. The quantitative estimate of drug-likeness (QED) is 0.685. The first-order valence-electron chi connectivity index (χ1n) is 5.32. The smallest absolute Gasteiger partial charge is 0.326 e. The summed E-state index contributed by atoms with van der Waals surface area (Å²) in [6.45, 7) is 1.96. The summed E-state index contributed by atoms with van der Waals surface area (Å²) in [5.74, 6) is -0.990. The van der Waals surface area contributed by atoms with E-state index < -0.39 is 22.0 Å². The third kappa shape index (κ3) is 4.24. The lowest BCUT2D eigenvalue weighted by molar-refractivity contribution is -0.138. The zero-order valence-corrected chi connectivity index (χ0v) is 11.4. The molecule has 18 heavy (non-hydrogen) atoms. The zero-order valence-electron chi connectivity index (χ0n) is 9.79. The van der Waals surface area contributed by atoms with E-state index in [9.17, 15) is 13.2 Å². The number of hydrogen-bond acceptors (Lipinski definition) is 6. The minimum atomic E-state index is -3.79. The van der Waals surface area contributed by atoms with Gasteiger partial charge in [0.25, 0.3) is 0 Å². The molecule has 0 fully saturated rings. The Morgan fingerprint density at radius 2 is 2.33 bits per heavy atom. The number of aliphatic carboxylic acids is 1. The number of nitrogens with zero attached hydrogens (tertiary/aromatic N) is 1. The number of anilines is 1. The van der Waals surface area contributed by atoms with Crippen LogP contribution >= 0.6 is 11.3 Å². The fourth-order valence-corrected chi connectivity index (χ4v) is 2.78. The molecule has 1 unspecified atom stereocenters. The molecule has 0 aliphatic rings. The first kappa shape index (κ1) is 14.9. The van der Waals surface area contributed by atoms with Crippen LogP contribution in [0.15, 0.2) is 10.4 Å². The summed E-state index contributed by atoms with van der Waals surface area (Å²) in [6.07, 6.45) is 3.21. The molecule has 102 valence electrons. The van der Waals surface area contributed by atoms with Gasteiger partial charge in [0.1, 0.15) is 6.04 Å². The zero-order chi connectivity index (χ0) is 13.8. The van der Waals surface area contributed by atoms with E-state index in [-0.39, 0.29) is 9.34 Å². The summed E-state index contributed by atoms with van der Waals surface area (Å²) < 4.78 is 22.0. The van der Waals surface area contributed by atoms with Crippen LogP contribution in [0.2, 0.25) is 0 Å². The molecule has 0 radical (unpaired) electrons. The van der Waals surface area contributed by atoms with Crippen molar-refractivity contribution >= 4 is 32.5 Å². The van der Waals surface area contributed by atoms with Gasteiger partial charge in [-0.25, -0.2) is 23.3 Å². The fourth-order valence-electron chi connectivity index (χ4n) is 1.27. The molecule has 0 amide bonds. The lowest BCUT2D eigenvalue weighted by Gasteiger charge is -2.12. The van der Waals surface area contributed by atoms with Crippen LogP contribution in [-0.4, -0.2) is 30.5 Å². The highest BCUT2D eigenvalue weighted by molar-refractivity contribution is 7.91. The van der Waals surface area contributed by atoms with Crippen LogP contribution in [0.25, 0.3) is 0 Å². The van der Waals surface area contributed by atoms with Gasteiger partial charge in [0, 0.05) is 0 Å². The Labute approximate surface area is 109 Å². The number of carboxylic acids is 1. The second kappa shape index (κ2) is 6.12. The van der Waals surface area contributed by atoms with Gasteiger partial charge in [-0.2, -0.15) is 0 Å². The molecule has 0 bridgehead atoms. The van der Waals surface area contributed by atoms with Crippen LogP contribution in [0.1, 0.15) is 26.2 Å². The van der Waals surface area contributed by atoms with E-state index in [0.29, 0.717) is 6.42 Å². The van der Waals surface area contributed by atoms with E-state index in [1.54, 1.807) is 0 Å². The van der Waals surface area contributed by atoms with Crippen molar-refractivity contribution in [2.24, 2.45) is 5.14 Å². The molecule has 9 heteroatoms. The number of thiazole rings is 1. The second-order valence-corrected chi connectivity index (χ2v) is 6.53. The first-order valence-corrected chi connectivity index (χ1v) is 7.69. The Kier molecular flexibility index (Phi) is 5.05. The van der Waals surface area contributed by atoms with Crippen LogP contribution < -0.4 is 10.5 Å². The van der Waals surface area contributed by atoms with Gasteiger partial charge < -0.3 is 10.4 Å². The van der Waals surface area contributed by atoms with E-state index in [1.807, 2.05) is 6.92 Å². The van der Waals surface area contributed by atoms with Gasteiger partial charge in [-0.05, 0) is 6.42 Å². The minimum absolute atomic E-state index is 0.0929. The van der Waals surface area contributed by atoms with Crippen molar-refractivity contribution in [3.05, 3.63) is 6.20 Å². The molecule has 0 aliphatic carbocycles. The number of aromatic nitrogens is 1. The number of nitrogens with two attached hydrogens (primary N) is 1. The van der Waals surface area contributed by atoms with Gasteiger partial charge in [-0.1, -0.05) is 31.1 Å². The lowest BCUT2D eigenvalue weighted by atomic mass is 10.1. The molecule has 1 atom stereocenters. The summed E-state index contributed by atoms with van der Waals surface area (Å²) in [5, 5.41) is 16.9. The van der Waals surface area contributed by atoms with E-state index in [2.05, 4.69) is 10.3 Å². The molecule has 1 rings (SSSR count). The van der Waals surface area contributed by atoms with Crippen LogP contribution in [-0.2, 0) is 14.8 Å². The molecular formula is C9H15N3O4S2. The maximum atomic E-state index is 11.0. The highest BCUT2D eigenvalue weighted by atomic mass is 32.2. The van der Waals surface area contributed by atoms with Gasteiger partial charge in [0.15, 0.2) is 9.34 Å². The summed E-state index contributed by atoms with van der Waals surface area (Å²) in [6, 6.07) is -0.774. The Morgan fingerprint density at radius 1 is 1.67 bits per heavy atom.